The van der Waals surface area contributed by atoms with Crippen LogP contribution in [0.4, 0.5) is 0 Å². The highest BCUT2D eigenvalue weighted by molar-refractivity contribution is 5.42. The van der Waals surface area contributed by atoms with Crippen molar-refractivity contribution in [3.05, 3.63) is 29.3 Å². The van der Waals surface area contributed by atoms with E-state index in [2.05, 4.69) is 6.92 Å². The Morgan fingerprint density at radius 2 is 2.15 bits per heavy atom. The predicted molar refractivity (Wildman–Crippen MR) is 55.0 cm³/mol. The third-order valence-corrected chi connectivity index (χ3v) is 2.29. The zero-order valence-corrected chi connectivity index (χ0v) is 8.50. The van der Waals surface area contributed by atoms with E-state index in [1.807, 2.05) is 25.1 Å². The van der Waals surface area contributed by atoms with Gasteiger partial charge in [0.2, 0.25) is 0 Å². The summed E-state index contributed by atoms with van der Waals surface area (Å²) in [7, 11) is 1.69. The van der Waals surface area contributed by atoms with Crippen LogP contribution in [-0.2, 0) is 0 Å². The number of ether oxygens (including phenoxy) is 1. The fourth-order valence-corrected chi connectivity index (χ4v) is 1.47. The second kappa shape index (κ2) is 4.28. The van der Waals surface area contributed by atoms with Gasteiger partial charge < -0.3 is 10.5 Å². The molecule has 0 bridgehead atoms. The molecule has 1 aromatic carbocycles. The summed E-state index contributed by atoms with van der Waals surface area (Å²) in [5, 5.41) is 0. The van der Waals surface area contributed by atoms with Gasteiger partial charge >= 0.3 is 0 Å². The summed E-state index contributed by atoms with van der Waals surface area (Å²) in [4.78, 5) is 0. The van der Waals surface area contributed by atoms with Crippen LogP contribution in [0.2, 0.25) is 0 Å². The molecular weight excluding hydrogens is 162 g/mol. The van der Waals surface area contributed by atoms with Crippen molar-refractivity contribution in [2.24, 2.45) is 5.73 Å². The van der Waals surface area contributed by atoms with E-state index in [1.165, 1.54) is 0 Å². The predicted octanol–water partition coefficient (Wildman–Crippen LogP) is 2.41. The topological polar surface area (TPSA) is 35.2 Å². The van der Waals surface area contributed by atoms with Crippen molar-refractivity contribution in [2.45, 2.75) is 26.3 Å². The monoisotopic (exact) mass is 179 g/mol. The second-order valence-corrected chi connectivity index (χ2v) is 3.21. The lowest BCUT2D eigenvalue weighted by Gasteiger charge is -2.15. The molecule has 0 aliphatic heterocycles. The van der Waals surface area contributed by atoms with Crippen molar-refractivity contribution < 1.29 is 4.74 Å². The van der Waals surface area contributed by atoms with E-state index in [0.717, 1.165) is 23.3 Å². The number of rotatable bonds is 3. The zero-order chi connectivity index (χ0) is 9.84. The van der Waals surface area contributed by atoms with Crippen LogP contribution in [0.15, 0.2) is 18.2 Å². The highest BCUT2D eigenvalue weighted by Gasteiger charge is 2.10. The van der Waals surface area contributed by atoms with Gasteiger partial charge in [0.25, 0.3) is 0 Å². The summed E-state index contributed by atoms with van der Waals surface area (Å²) < 4.78 is 5.32. The molecule has 0 saturated carbocycles. The minimum Gasteiger partial charge on any atom is -0.496 e. The molecule has 2 nitrogen and oxygen atoms in total. The quantitative estimate of drug-likeness (QED) is 0.773. The Kier molecular flexibility index (Phi) is 3.32. The average Bonchev–Trinajstić information content (AvgIpc) is 2.16. The van der Waals surface area contributed by atoms with Crippen molar-refractivity contribution in [1.82, 2.24) is 0 Å². The van der Waals surface area contributed by atoms with Crippen LogP contribution in [0.25, 0.3) is 0 Å². The third kappa shape index (κ3) is 2.01. The first-order valence-electron chi connectivity index (χ1n) is 4.59. The van der Waals surface area contributed by atoms with Gasteiger partial charge in [-0.3, -0.25) is 0 Å². The molecule has 1 atom stereocenters. The summed E-state index contributed by atoms with van der Waals surface area (Å²) in [6.45, 7) is 4.11. The van der Waals surface area contributed by atoms with Gasteiger partial charge in [-0.1, -0.05) is 25.1 Å². The smallest absolute Gasteiger partial charge is 0.126 e. The first kappa shape index (κ1) is 10.1. The molecule has 1 unspecified atom stereocenters. The molecule has 1 rings (SSSR count). The molecule has 1 aromatic rings. The number of nitrogens with two attached hydrogens (primary N) is 1. The molecule has 72 valence electrons. The maximum absolute atomic E-state index is 5.96. The summed E-state index contributed by atoms with van der Waals surface area (Å²) in [6, 6.07) is 6.16. The van der Waals surface area contributed by atoms with Crippen molar-refractivity contribution in [2.75, 3.05) is 7.11 Å². The minimum atomic E-state index is 0.0786. The van der Waals surface area contributed by atoms with Gasteiger partial charge in [0.05, 0.1) is 7.11 Å². The Balaban J connectivity index is 3.12. The number of benzene rings is 1. The van der Waals surface area contributed by atoms with Crippen LogP contribution < -0.4 is 10.5 Å². The minimum absolute atomic E-state index is 0.0786. The van der Waals surface area contributed by atoms with E-state index in [1.54, 1.807) is 7.11 Å². The molecule has 0 spiro atoms. The number of hydrogen-bond donors (Lipinski definition) is 1. The van der Waals surface area contributed by atoms with E-state index in [4.69, 9.17) is 10.5 Å². The molecule has 0 aliphatic rings. The number of aryl methyl sites for hydroxylation is 1. The van der Waals surface area contributed by atoms with Gasteiger partial charge in [0, 0.05) is 11.6 Å². The lowest BCUT2D eigenvalue weighted by Crippen LogP contribution is -2.10. The Morgan fingerprint density at radius 1 is 1.46 bits per heavy atom. The summed E-state index contributed by atoms with van der Waals surface area (Å²) in [5.74, 6) is 0.928. The van der Waals surface area contributed by atoms with Gasteiger partial charge in [-0.05, 0) is 18.9 Å². The standard InChI is InChI=1S/C11H17NO/c1-4-10(12)9-7-5-6-8(2)11(9)13-3/h5-7,10H,4,12H2,1-3H3. The molecule has 0 heterocycles. The molecule has 13 heavy (non-hydrogen) atoms. The number of para-hydroxylation sites is 1. The molecule has 2 heteroatoms. The largest absolute Gasteiger partial charge is 0.496 e. The Hall–Kier alpha value is -1.02. The Morgan fingerprint density at radius 3 is 2.69 bits per heavy atom. The number of hydrogen-bond acceptors (Lipinski definition) is 2. The molecule has 0 amide bonds. The van der Waals surface area contributed by atoms with Gasteiger partial charge in [-0.2, -0.15) is 0 Å². The lowest BCUT2D eigenvalue weighted by molar-refractivity contribution is 0.402. The summed E-state index contributed by atoms with van der Waals surface area (Å²) in [5.41, 5.74) is 8.20. The summed E-state index contributed by atoms with van der Waals surface area (Å²) in [6.07, 6.45) is 0.930. The first-order valence-corrected chi connectivity index (χ1v) is 4.59. The van der Waals surface area contributed by atoms with Crippen LogP contribution in [0, 0.1) is 6.92 Å². The molecule has 0 saturated heterocycles. The Labute approximate surface area is 79.7 Å². The molecule has 0 aromatic heterocycles. The van der Waals surface area contributed by atoms with E-state index in [0.29, 0.717) is 0 Å². The molecular formula is C11H17NO. The van der Waals surface area contributed by atoms with E-state index < -0.39 is 0 Å². The fourth-order valence-electron chi connectivity index (χ4n) is 1.47. The third-order valence-electron chi connectivity index (χ3n) is 2.29. The van der Waals surface area contributed by atoms with Gasteiger partial charge in [-0.15, -0.1) is 0 Å². The van der Waals surface area contributed by atoms with Crippen molar-refractivity contribution in [3.8, 4) is 5.75 Å². The highest BCUT2D eigenvalue weighted by Crippen LogP contribution is 2.28. The van der Waals surface area contributed by atoms with Gasteiger partial charge in [0.15, 0.2) is 0 Å². The Bertz CT molecular complexity index is 283. The maximum atomic E-state index is 5.96. The van der Waals surface area contributed by atoms with E-state index in [-0.39, 0.29) is 6.04 Å². The van der Waals surface area contributed by atoms with Gasteiger partial charge in [-0.25, -0.2) is 0 Å². The van der Waals surface area contributed by atoms with E-state index in [9.17, 15) is 0 Å². The second-order valence-electron chi connectivity index (χ2n) is 3.21. The molecule has 0 radical (unpaired) electrons. The number of methoxy groups -OCH3 is 1. The normalized spacial score (nSPS) is 12.6. The lowest BCUT2D eigenvalue weighted by atomic mass is 10.0. The van der Waals surface area contributed by atoms with Crippen molar-refractivity contribution in [3.63, 3.8) is 0 Å². The molecule has 0 aliphatic carbocycles. The molecule has 2 N–H and O–H groups in total. The van der Waals surface area contributed by atoms with Gasteiger partial charge in [0.1, 0.15) is 5.75 Å². The average molecular weight is 179 g/mol. The van der Waals surface area contributed by atoms with Crippen LogP contribution >= 0.6 is 0 Å². The SMILES string of the molecule is CCC(N)c1cccc(C)c1OC. The molecule has 0 fully saturated rings. The fraction of sp³-hybridized carbons (Fsp3) is 0.455. The van der Waals surface area contributed by atoms with E-state index >= 15 is 0 Å². The highest BCUT2D eigenvalue weighted by atomic mass is 16.5. The van der Waals surface area contributed by atoms with Crippen LogP contribution in [0.5, 0.6) is 5.75 Å². The zero-order valence-electron chi connectivity index (χ0n) is 8.50. The maximum Gasteiger partial charge on any atom is 0.126 e. The van der Waals surface area contributed by atoms with Crippen molar-refractivity contribution >= 4 is 0 Å². The summed E-state index contributed by atoms with van der Waals surface area (Å²) >= 11 is 0. The first-order chi connectivity index (χ1) is 6.20. The van der Waals surface area contributed by atoms with Crippen LogP contribution in [0.1, 0.15) is 30.5 Å². The van der Waals surface area contributed by atoms with Crippen LogP contribution in [-0.4, -0.2) is 7.11 Å². The van der Waals surface area contributed by atoms with Crippen LogP contribution in [0.3, 0.4) is 0 Å². The van der Waals surface area contributed by atoms with Crippen molar-refractivity contribution in [1.29, 1.82) is 0 Å².